The molecule has 1 N–H and O–H groups in total. The van der Waals surface area contributed by atoms with Crippen LogP contribution in [0.25, 0.3) is 0 Å². The Bertz CT molecular complexity index is 341. The largest absolute Gasteiger partial charge is 0.315 e. The highest BCUT2D eigenvalue weighted by atomic mass is 15.3. The highest BCUT2D eigenvalue weighted by molar-refractivity contribution is 5.00. The molecule has 0 amide bonds. The normalized spacial score (nSPS) is 16.8. The molecule has 1 aromatic rings. The molecule has 1 aliphatic carbocycles. The fourth-order valence-corrected chi connectivity index (χ4v) is 2.77. The summed E-state index contributed by atoms with van der Waals surface area (Å²) in [5.74, 6) is 0. The third-order valence-corrected chi connectivity index (χ3v) is 4.07. The maximum Gasteiger partial charge on any atom is 0.0492 e. The van der Waals surface area contributed by atoms with Crippen LogP contribution in [-0.4, -0.2) is 47.4 Å². The van der Waals surface area contributed by atoms with Crippen molar-refractivity contribution in [3.8, 4) is 0 Å². The van der Waals surface area contributed by atoms with Crippen molar-refractivity contribution in [1.82, 2.24) is 20.0 Å². The summed E-state index contributed by atoms with van der Waals surface area (Å²) in [6.07, 6.45) is 8.55. The molecule has 1 fully saturated rings. The fraction of sp³-hybridized carbons (Fsp3) is 0.786. The summed E-state index contributed by atoms with van der Waals surface area (Å²) in [7, 11) is 4.27. The molecule has 0 aromatic carbocycles. The van der Waals surface area contributed by atoms with Gasteiger partial charge in [0.15, 0.2) is 0 Å². The molecule has 0 bridgehead atoms. The molecule has 0 atom stereocenters. The van der Waals surface area contributed by atoms with Gasteiger partial charge in [0.25, 0.3) is 0 Å². The third-order valence-electron chi connectivity index (χ3n) is 4.07. The van der Waals surface area contributed by atoms with Crippen molar-refractivity contribution in [1.29, 1.82) is 0 Å². The van der Waals surface area contributed by atoms with E-state index in [1.807, 2.05) is 17.9 Å². The van der Waals surface area contributed by atoms with Crippen LogP contribution in [0.5, 0.6) is 0 Å². The monoisotopic (exact) mass is 250 g/mol. The molecule has 4 nitrogen and oxygen atoms in total. The Balaban J connectivity index is 1.54. The van der Waals surface area contributed by atoms with E-state index in [2.05, 4.69) is 28.4 Å². The minimum atomic E-state index is 0.837. The first-order valence-corrected chi connectivity index (χ1v) is 7.15. The molecule has 102 valence electrons. The Morgan fingerprint density at radius 1 is 1.39 bits per heavy atom. The van der Waals surface area contributed by atoms with Gasteiger partial charge in [0, 0.05) is 51.0 Å². The van der Waals surface area contributed by atoms with Crippen LogP contribution in [0.4, 0.5) is 0 Å². The predicted molar refractivity (Wildman–Crippen MR) is 74.7 cm³/mol. The van der Waals surface area contributed by atoms with Gasteiger partial charge in [-0.3, -0.25) is 4.68 Å². The van der Waals surface area contributed by atoms with Crippen molar-refractivity contribution < 1.29 is 0 Å². The molecule has 0 radical (unpaired) electrons. The molecule has 0 aliphatic heterocycles. The molecule has 4 heteroatoms. The second-order valence-electron chi connectivity index (χ2n) is 5.37. The van der Waals surface area contributed by atoms with E-state index in [-0.39, 0.29) is 0 Å². The van der Waals surface area contributed by atoms with Gasteiger partial charge < -0.3 is 10.2 Å². The number of aromatic nitrogens is 2. The van der Waals surface area contributed by atoms with Crippen molar-refractivity contribution in [2.75, 3.05) is 26.7 Å². The highest BCUT2D eigenvalue weighted by Gasteiger charge is 2.18. The summed E-state index contributed by atoms with van der Waals surface area (Å²) < 4.78 is 1.95. The highest BCUT2D eigenvalue weighted by Crippen LogP contribution is 2.21. The maximum atomic E-state index is 4.18. The molecule has 1 heterocycles. The number of hydrogen-bond acceptors (Lipinski definition) is 3. The summed E-state index contributed by atoms with van der Waals surface area (Å²) >= 11 is 0. The second kappa shape index (κ2) is 6.90. The number of nitrogens with one attached hydrogen (secondary N) is 1. The van der Waals surface area contributed by atoms with Crippen molar-refractivity contribution in [3.05, 3.63) is 18.0 Å². The number of hydrogen-bond donors (Lipinski definition) is 1. The average molecular weight is 250 g/mol. The Labute approximate surface area is 110 Å². The Morgan fingerprint density at radius 3 is 2.83 bits per heavy atom. The summed E-state index contributed by atoms with van der Waals surface area (Å²) in [5.41, 5.74) is 1.30. The van der Waals surface area contributed by atoms with Gasteiger partial charge >= 0.3 is 0 Å². The van der Waals surface area contributed by atoms with Crippen LogP contribution >= 0.6 is 0 Å². The topological polar surface area (TPSA) is 33.1 Å². The summed E-state index contributed by atoms with van der Waals surface area (Å²) in [5, 5.41) is 7.70. The van der Waals surface area contributed by atoms with Crippen LogP contribution in [0.3, 0.4) is 0 Å². The van der Waals surface area contributed by atoms with Crippen LogP contribution in [0.15, 0.2) is 12.3 Å². The minimum Gasteiger partial charge on any atom is -0.315 e. The van der Waals surface area contributed by atoms with Crippen molar-refractivity contribution in [2.45, 2.75) is 38.1 Å². The zero-order chi connectivity index (χ0) is 12.8. The SMILES string of the molecule is CN(CCNCCc1ccnn1C)C1CCCC1. The lowest BCUT2D eigenvalue weighted by Crippen LogP contribution is -2.36. The Hall–Kier alpha value is -0.870. The molecule has 0 spiro atoms. The average Bonchev–Trinajstić information content (AvgIpc) is 3.00. The van der Waals surface area contributed by atoms with Crippen LogP contribution < -0.4 is 5.32 Å². The maximum absolute atomic E-state index is 4.18. The Kier molecular flexibility index (Phi) is 5.20. The van der Waals surface area contributed by atoms with E-state index in [1.54, 1.807) is 0 Å². The molecular weight excluding hydrogens is 224 g/mol. The van der Waals surface area contributed by atoms with E-state index in [4.69, 9.17) is 0 Å². The van der Waals surface area contributed by atoms with Crippen LogP contribution in [0.1, 0.15) is 31.4 Å². The number of aryl methyl sites for hydroxylation is 1. The summed E-state index contributed by atoms with van der Waals surface area (Å²) in [6.45, 7) is 3.29. The first-order chi connectivity index (χ1) is 8.77. The number of nitrogens with zero attached hydrogens (tertiary/aromatic N) is 3. The zero-order valence-corrected chi connectivity index (χ0v) is 11.7. The molecule has 18 heavy (non-hydrogen) atoms. The van der Waals surface area contributed by atoms with Crippen LogP contribution in [0.2, 0.25) is 0 Å². The molecule has 0 unspecified atom stereocenters. The standard InChI is InChI=1S/C14H26N4/c1-17(13-5-3-4-6-13)12-11-15-9-7-14-8-10-16-18(14)2/h8,10,13,15H,3-7,9,11-12H2,1-2H3. The van der Waals surface area contributed by atoms with E-state index >= 15 is 0 Å². The zero-order valence-electron chi connectivity index (χ0n) is 11.7. The van der Waals surface area contributed by atoms with E-state index in [1.165, 1.54) is 31.4 Å². The van der Waals surface area contributed by atoms with Crippen LogP contribution in [0, 0.1) is 0 Å². The van der Waals surface area contributed by atoms with E-state index in [9.17, 15) is 0 Å². The Morgan fingerprint density at radius 2 is 2.17 bits per heavy atom. The molecule has 1 aromatic heterocycles. The quantitative estimate of drug-likeness (QED) is 0.743. The lowest BCUT2D eigenvalue weighted by molar-refractivity contribution is 0.246. The third kappa shape index (κ3) is 3.82. The van der Waals surface area contributed by atoms with Crippen LogP contribution in [-0.2, 0) is 13.5 Å². The molecule has 1 aliphatic rings. The number of rotatable bonds is 7. The lowest BCUT2D eigenvalue weighted by atomic mass is 10.2. The van der Waals surface area contributed by atoms with Gasteiger partial charge in [0.1, 0.15) is 0 Å². The smallest absolute Gasteiger partial charge is 0.0492 e. The second-order valence-corrected chi connectivity index (χ2v) is 5.37. The van der Waals surface area contributed by atoms with Gasteiger partial charge in [-0.25, -0.2) is 0 Å². The van der Waals surface area contributed by atoms with Gasteiger partial charge in [0.2, 0.25) is 0 Å². The minimum absolute atomic E-state index is 0.837. The molecule has 0 saturated heterocycles. The molecule has 2 rings (SSSR count). The van der Waals surface area contributed by atoms with Crippen molar-refractivity contribution in [3.63, 3.8) is 0 Å². The van der Waals surface area contributed by atoms with Crippen molar-refractivity contribution >= 4 is 0 Å². The fourth-order valence-electron chi connectivity index (χ4n) is 2.77. The summed E-state index contributed by atoms with van der Waals surface area (Å²) in [4.78, 5) is 2.52. The van der Waals surface area contributed by atoms with Gasteiger partial charge in [-0.2, -0.15) is 5.10 Å². The first-order valence-electron chi connectivity index (χ1n) is 7.15. The first kappa shape index (κ1) is 13.6. The predicted octanol–water partition coefficient (Wildman–Crippen LogP) is 1.43. The van der Waals surface area contributed by atoms with Gasteiger partial charge in [-0.05, 0) is 26.0 Å². The van der Waals surface area contributed by atoms with Gasteiger partial charge in [0.05, 0.1) is 0 Å². The van der Waals surface area contributed by atoms with Gasteiger partial charge in [-0.1, -0.05) is 12.8 Å². The van der Waals surface area contributed by atoms with E-state index in [0.717, 1.165) is 32.1 Å². The molecular formula is C14H26N4. The lowest BCUT2D eigenvalue weighted by Gasteiger charge is -2.23. The number of likely N-dealkylation sites (N-methyl/N-ethyl adjacent to an activating group) is 1. The van der Waals surface area contributed by atoms with E-state index in [0.29, 0.717) is 0 Å². The van der Waals surface area contributed by atoms with Gasteiger partial charge in [-0.15, -0.1) is 0 Å². The van der Waals surface area contributed by atoms with Crippen molar-refractivity contribution in [2.24, 2.45) is 7.05 Å². The summed E-state index contributed by atoms with van der Waals surface area (Å²) in [6, 6.07) is 2.93. The molecule has 1 saturated carbocycles. The van der Waals surface area contributed by atoms with E-state index < -0.39 is 0 Å².